The van der Waals surface area contributed by atoms with Crippen LogP contribution in [-0.2, 0) is 14.3 Å². The Morgan fingerprint density at radius 3 is 2.57 bits per heavy atom. The van der Waals surface area contributed by atoms with Gasteiger partial charge < -0.3 is 20.3 Å². The minimum absolute atomic E-state index is 0.0170. The van der Waals surface area contributed by atoms with Gasteiger partial charge in [-0.15, -0.1) is 11.3 Å². The molecule has 7 atom stereocenters. The molecule has 3 rings (SSSR count). The van der Waals surface area contributed by atoms with Gasteiger partial charge in [-0.1, -0.05) is 34.1 Å². The van der Waals surface area contributed by atoms with Crippen LogP contribution in [0.15, 0.2) is 11.0 Å². The standard InChI is InChI=1S/C27H42N2O5S/c1-15-9-8-10-27(7)22(34-27)12-20(16(2)11-19-14-35-18(4)28-19)29-23(31)13-21(30)26(5,6)25(33)17(3)24(15)32/h11,14-15,17,20-22,24,30,32H,8-10,12-13H2,1-7H3,(H,29,31)/b16-11+/t15-,17+,20+,21-,22-,24-,27+/m1/s1. The summed E-state index contributed by atoms with van der Waals surface area (Å²) in [7, 11) is 0. The second-order valence-electron chi connectivity index (χ2n) is 11.4. The summed E-state index contributed by atoms with van der Waals surface area (Å²) < 4.78 is 6.10. The molecule has 2 aliphatic rings. The van der Waals surface area contributed by atoms with Crippen LogP contribution in [0.1, 0.15) is 84.3 Å². The number of ketones is 1. The summed E-state index contributed by atoms with van der Waals surface area (Å²) >= 11 is 1.58. The van der Waals surface area contributed by atoms with Gasteiger partial charge in [0.15, 0.2) is 0 Å². The maximum Gasteiger partial charge on any atom is 0.223 e. The van der Waals surface area contributed by atoms with Crippen LogP contribution < -0.4 is 5.32 Å². The molecule has 0 bridgehead atoms. The van der Waals surface area contributed by atoms with Crippen molar-refractivity contribution in [3.63, 3.8) is 0 Å². The Bertz CT molecular complexity index is 957. The minimum Gasteiger partial charge on any atom is -0.392 e. The summed E-state index contributed by atoms with van der Waals surface area (Å²) in [4.78, 5) is 30.8. The van der Waals surface area contributed by atoms with Crippen molar-refractivity contribution in [1.29, 1.82) is 0 Å². The Morgan fingerprint density at radius 2 is 1.94 bits per heavy atom. The summed E-state index contributed by atoms with van der Waals surface area (Å²) in [5.41, 5.74) is 0.410. The first-order valence-electron chi connectivity index (χ1n) is 12.7. The van der Waals surface area contributed by atoms with E-state index >= 15 is 0 Å². The van der Waals surface area contributed by atoms with Gasteiger partial charge in [-0.05, 0) is 51.2 Å². The summed E-state index contributed by atoms with van der Waals surface area (Å²) in [5, 5.41) is 27.8. The van der Waals surface area contributed by atoms with Gasteiger partial charge in [0, 0.05) is 17.7 Å². The average molecular weight is 507 g/mol. The van der Waals surface area contributed by atoms with Crippen LogP contribution in [0.3, 0.4) is 0 Å². The van der Waals surface area contributed by atoms with Gasteiger partial charge in [0.1, 0.15) is 5.78 Å². The topological polar surface area (TPSA) is 112 Å². The van der Waals surface area contributed by atoms with Crippen LogP contribution in [0.4, 0.5) is 0 Å². The maximum atomic E-state index is 13.2. The summed E-state index contributed by atoms with van der Waals surface area (Å²) in [6, 6.07) is -0.269. The lowest BCUT2D eigenvalue weighted by atomic mass is 9.72. The van der Waals surface area contributed by atoms with E-state index in [9.17, 15) is 19.8 Å². The van der Waals surface area contributed by atoms with Gasteiger partial charge in [0.25, 0.3) is 0 Å². The number of epoxide rings is 1. The number of aromatic nitrogens is 1. The van der Waals surface area contributed by atoms with Gasteiger partial charge in [-0.25, -0.2) is 4.98 Å². The van der Waals surface area contributed by atoms with Crippen molar-refractivity contribution < 1.29 is 24.5 Å². The Hall–Kier alpha value is -1.61. The number of nitrogens with zero attached hydrogens (tertiary/aromatic N) is 1. The molecule has 1 amide bonds. The summed E-state index contributed by atoms with van der Waals surface area (Å²) in [6.45, 7) is 13.0. The highest BCUT2D eigenvalue weighted by molar-refractivity contribution is 7.09. The molecule has 2 aliphatic heterocycles. The SMILES string of the molecule is C/C(=C\c1csc(C)n1)[C@@H]1C[C@H]2O[C@@]2(C)CCC[C@@H](C)[C@@H](O)[C@H](C)C(=O)C(C)(C)[C@H](O)CC(=O)N1. The lowest BCUT2D eigenvalue weighted by molar-refractivity contribution is -0.143. The fourth-order valence-corrected chi connectivity index (χ4v) is 5.76. The molecule has 0 aliphatic carbocycles. The quantitative estimate of drug-likeness (QED) is 0.522. The zero-order valence-corrected chi connectivity index (χ0v) is 22.9. The molecule has 35 heavy (non-hydrogen) atoms. The molecule has 7 nitrogen and oxygen atoms in total. The van der Waals surface area contributed by atoms with Gasteiger partial charge >= 0.3 is 0 Å². The van der Waals surface area contributed by atoms with Crippen molar-refractivity contribution >= 4 is 29.1 Å². The monoisotopic (exact) mass is 506 g/mol. The highest BCUT2D eigenvalue weighted by Gasteiger charge is 2.52. The van der Waals surface area contributed by atoms with Gasteiger partial charge in [-0.2, -0.15) is 0 Å². The van der Waals surface area contributed by atoms with Gasteiger partial charge in [0.2, 0.25) is 5.91 Å². The van der Waals surface area contributed by atoms with E-state index in [4.69, 9.17) is 4.74 Å². The fraction of sp³-hybridized carbons (Fsp3) is 0.741. The first-order chi connectivity index (χ1) is 16.2. The number of aliphatic hydroxyl groups is 2. The Morgan fingerprint density at radius 1 is 1.26 bits per heavy atom. The van der Waals surface area contributed by atoms with E-state index in [-0.39, 0.29) is 41.8 Å². The highest BCUT2D eigenvalue weighted by atomic mass is 32.1. The van der Waals surface area contributed by atoms with Crippen LogP contribution in [-0.4, -0.2) is 56.8 Å². The fourth-order valence-electron chi connectivity index (χ4n) is 5.19. The molecule has 0 spiro atoms. The smallest absolute Gasteiger partial charge is 0.223 e. The molecule has 8 heteroatoms. The number of carbonyl (C=O) groups excluding carboxylic acids is 2. The predicted octanol–water partition coefficient (Wildman–Crippen LogP) is 4.05. The van der Waals surface area contributed by atoms with E-state index in [1.165, 1.54) is 0 Å². The number of carbonyl (C=O) groups is 2. The summed E-state index contributed by atoms with van der Waals surface area (Å²) in [6.07, 6.45) is 2.99. The molecule has 3 N–H and O–H groups in total. The lowest BCUT2D eigenvalue weighted by Gasteiger charge is -2.34. The van der Waals surface area contributed by atoms with Crippen LogP contribution >= 0.6 is 11.3 Å². The van der Waals surface area contributed by atoms with Crippen LogP contribution in [0.25, 0.3) is 6.08 Å². The third-order valence-electron chi connectivity index (χ3n) is 8.07. The number of rotatable bonds is 2. The lowest BCUT2D eigenvalue weighted by Crippen LogP contribution is -2.47. The molecule has 3 heterocycles. The minimum atomic E-state index is -1.17. The normalized spacial score (nSPS) is 37.5. The number of aliphatic hydroxyl groups excluding tert-OH is 2. The maximum absolute atomic E-state index is 13.2. The van der Waals surface area contributed by atoms with Gasteiger partial charge in [0.05, 0.1) is 52.5 Å². The largest absolute Gasteiger partial charge is 0.392 e. The Balaban J connectivity index is 1.85. The van der Waals surface area contributed by atoms with E-state index < -0.39 is 23.5 Å². The van der Waals surface area contributed by atoms with Crippen molar-refractivity contribution in [1.82, 2.24) is 10.3 Å². The van der Waals surface area contributed by atoms with Crippen molar-refractivity contribution in [2.45, 2.75) is 111 Å². The molecular formula is C27H42N2O5S. The third kappa shape index (κ3) is 6.59. The molecule has 0 aromatic carbocycles. The zero-order valence-electron chi connectivity index (χ0n) is 22.1. The number of thiazole rings is 1. The predicted molar refractivity (Wildman–Crippen MR) is 138 cm³/mol. The van der Waals surface area contributed by atoms with Gasteiger partial charge in [-0.3, -0.25) is 9.59 Å². The number of hydrogen-bond acceptors (Lipinski definition) is 7. The average Bonchev–Trinajstić information content (AvgIpc) is 3.22. The molecule has 2 saturated heterocycles. The third-order valence-corrected chi connectivity index (χ3v) is 8.86. The number of fused-ring (bicyclic) bond motifs is 1. The number of hydrogen-bond donors (Lipinski definition) is 3. The van der Waals surface area contributed by atoms with Crippen LogP contribution in [0.5, 0.6) is 0 Å². The van der Waals surface area contributed by atoms with E-state index in [2.05, 4.69) is 17.2 Å². The molecular weight excluding hydrogens is 464 g/mol. The molecule has 2 fully saturated rings. The number of amides is 1. The number of Topliss-reactive ketones (excluding diaryl/α,β-unsaturated/α-hetero) is 1. The molecule has 0 unspecified atom stereocenters. The molecule has 0 radical (unpaired) electrons. The van der Waals surface area contributed by atoms with Crippen molar-refractivity contribution in [2.24, 2.45) is 17.3 Å². The second kappa shape index (κ2) is 10.8. The van der Waals surface area contributed by atoms with Crippen LogP contribution in [0.2, 0.25) is 0 Å². The molecule has 1 aromatic rings. The van der Waals surface area contributed by atoms with Crippen molar-refractivity contribution in [2.75, 3.05) is 0 Å². The Kier molecular flexibility index (Phi) is 8.62. The number of ether oxygens (including phenoxy) is 1. The van der Waals surface area contributed by atoms with Crippen molar-refractivity contribution in [3.05, 3.63) is 21.7 Å². The van der Waals surface area contributed by atoms with E-state index in [1.807, 2.05) is 32.2 Å². The highest BCUT2D eigenvalue weighted by Crippen LogP contribution is 2.44. The molecule has 1 aromatic heterocycles. The molecule has 0 saturated carbocycles. The Labute approximate surface area is 213 Å². The zero-order chi connectivity index (χ0) is 26.1. The van der Waals surface area contributed by atoms with Crippen molar-refractivity contribution in [3.8, 4) is 0 Å². The first kappa shape index (κ1) is 28.0. The van der Waals surface area contributed by atoms with E-state index in [0.717, 1.165) is 35.5 Å². The molecule has 196 valence electrons. The van der Waals surface area contributed by atoms with E-state index in [1.54, 1.807) is 32.1 Å². The van der Waals surface area contributed by atoms with E-state index in [0.29, 0.717) is 6.42 Å². The second-order valence-corrected chi connectivity index (χ2v) is 12.5. The number of aryl methyl sites for hydroxylation is 1. The number of nitrogens with one attached hydrogen (secondary N) is 1. The first-order valence-corrected chi connectivity index (χ1v) is 13.6. The van der Waals surface area contributed by atoms with Crippen LogP contribution in [0, 0.1) is 24.2 Å². The summed E-state index contributed by atoms with van der Waals surface area (Å²) in [5.74, 6) is -1.24.